The largest absolute Gasteiger partial charge is 0.497 e. The van der Waals surface area contributed by atoms with Crippen molar-refractivity contribution in [3.8, 4) is 29.1 Å². The van der Waals surface area contributed by atoms with Crippen LogP contribution in [-0.2, 0) is 4.57 Å². The van der Waals surface area contributed by atoms with Crippen molar-refractivity contribution in [2.24, 2.45) is 0 Å². The highest BCUT2D eigenvalue weighted by Gasteiger charge is 2.28. The van der Waals surface area contributed by atoms with Gasteiger partial charge in [-0.1, -0.05) is 0 Å². The van der Waals surface area contributed by atoms with Gasteiger partial charge in [-0.25, -0.2) is 4.57 Å². The Labute approximate surface area is 146 Å². The third kappa shape index (κ3) is 5.71. The molecule has 0 unspecified atom stereocenters. The molecule has 1 N–H and O–H groups in total. The molecule has 7 nitrogen and oxygen atoms in total. The molecule has 2 aromatic carbocycles. The van der Waals surface area contributed by atoms with Crippen LogP contribution in [0, 0.1) is 11.3 Å². The second-order valence-corrected chi connectivity index (χ2v) is 6.79. The Bertz CT molecular complexity index is 703. The molecule has 0 radical (unpaired) electrons. The average Bonchev–Trinajstić information content (AvgIpc) is 2.63. The van der Waals surface area contributed by atoms with Crippen LogP contribution in [0.2, 0.25) is 0 Å². The molecule has 0 bridgehead atoms. The molecule has 0 aliphatic carbocycles. The van der Waals surface area contributed by atoms with E-state index < -0.39 is 7.60 Å². The maximum Gasteiger partial charge on any atom is 0.444 e. The second kappa shape index (κ2) is 8.97. The number of ether oxygens (including phenoxy) is 2. The number of nitrogens with one attached hydrogen (secondary N) is 1. The van der Waals surface area contributed by atoms with E-state index in [9.17, 15) is 4.57 Å². The topological polar surface area (TPSA) is 89.8 Å². The molecule has 0 spiro atoms. The third-order valence-corrected chi connectivity index (χ3v) is 4.71. The highest BCUT2D eigenvalue weighted by Crippen LogP contribution is 2.47. The van der Waals surface area contributed by atoms with E-state index in [0.29, 0.717) is 23.0 Å². The lowest BCUT2D eigenvalue weighted by atomic mass is 10.3. The molecule has 0 saturated carbocycles. The minimum atomic E-state index is -3.58. The van der Waals surface area contributed by atoms with Crippen molar-refractivity contribution in [1.29, 1.82) is 5.26 Å². The fraction of sp³-hybridized carbons (Fsp3) is 0.235. The maximum absolute atomic E-state index is 13.1. The van der Waals surface area contributed by atoms with E-state index in [1.165, 1.54) is 0 Å². The second-order valence-electron chi connectivity index (χ2n) is 4.89. The standard InChI is InChI=1S/C17H19N2O5P/c1-21-14-3-7-16(8-4-14)23-25(20,13-19-12-11-18)24-17-9-5-15(22-2)6-10-17/h3-10,19H,12-13H2,1-2H3. The zero-order chi connectivity index (χ0) is 18.1. The van der Waals surface area contributed by atoms with Crippen LogP contribution in [0.1, 0.15) is 0 Å². The number of hydrogen-bond donors (Lipinski definition) is 1. The normalized spacial score (nSPS) is 10.6. The van der Waals surface area contributed by atoms with Gasteiger partial charge in [0.05, 0.1) is 26.8 Å². The van der Waals surface area contributed by atoms with Crippen LogP contribution >= 0.6 is 7.60 Å². The van der Waals surface area contributed by atoms with Crippen molar-refractivity contribution in [2.45, 2.75) is 0 Å². The van der Waals surface area contributed by atoms with Gasteiger partial charge in [0.15, 0.2) is 0 Å². The Morgan fingerprint density at radius 2 is 1.28 bits per heavy atom. The van der Waals surface area contributed by atoms with Crippen LogP contribution in [0.3, 0.4) is 0 Å². The molecule has 0 aliphatic heterocycles. The average molecular weight is 362 g/mol. The Balaban J connectivity index is 2.16. The summed E-state index contributed by atoms with van der Waals surface area (Å²) in [6, 6.07) is 15.2. The van der Waals surface area contributed by atoms with E-state index in [-0.39, 0.29) is 12.8 Å². The number of hydrogen-bond acceptors (Lipinski definition) is 7. The first-order valence-corrected chi connectivity index (χ1v) is 9.15. The summed E-state index contributed by atoms with van der Waals surface area (Å²) in [7, 11) is -0.474. The van der Waals surface area contributed by atoms with E-state index >= 15 is 0 Å². The summed E-state index contributed by atoms with van der Waals surface area (Å²) >= 11 is 0. The molecular formula is C17H19N2O5P. The molecule has 2 aromatic rings. The molecule has 8 heteroatoms. The molecular weight excluding hydrogens is 343 g/mol. The van der Waals surface area contributed by atoms with Gasteiger partial charge >= 0.3 is 7.60 Å². The summed E-state index contributed by atoms with van der Waals surface area (Å²) in [6.07, 6.45) is -0.112. The van der Waals surface area contributed by atoms with E-state index in [0.717, 1.165) is 0 Å². The number of nitriles is 1. The van der Waals surface area contributed by atoms with Gasteiger partial charge in [-0.15, -0.1) is 0 Å². The lowest BCUT2D eigenvalue weighted by molar-refractivity contribution is 0.379. The third-order valence-electron chi connectivity index (χ3n) is 3.12. The van der Waals surface area contributed by atoms with Crippen LogP contribution < -0.4 is 23.8 Å². The molecule has 0 aromatic heterocycles. The number of rotatable bonds is 9. The molecule has 0 amide bonds. The quantitative estimate of drug-likeness (QED) is 0.415. The zero-order valence-corrected chi connectivity index (χ0v) is 14.9. The summed E-state index contributed by atoms with van der Waals surface area (Å²) < 4.78 is 34.4. The first-order valence-electron chi connectivity index (χ1n) is 7.42. The lowest BCUT2D eigenvalue weighted by Crippen LogP contribution is -2.20. The number of benzene rings is 2. The highest BCUT2D eigenvalue weighted by molar-refractivity contribution is 7.54. The van der Waals surface area contributed by atoms with Crippen LogP contribution in [0.15, 0.2) is 48.5 Å². The maximum atomic E-state index is 13.1. The Kier molecular flexibility index (Phi) is 6.70. The molecule has 25 heavy (non-hydrogen) atoms. The summed E-state index contributed by atoms with van der Waals surface area (Å²) in [5.74, 6) is 2.05. The van der Waals surface area contributed by atoms with Gasteiger partial charge in [0.2, 0.25) is 0 Å². The fourth-order valence-electron chi connectivity index (χ4n) is 1.93. The molecule has 0 heterocycles. The number of nitrogens with zero attached hydrogens (tertiary/aromatic N) is 1. The van der Waals surface area contributed by atoms with Crippen molar-refractivity contribution in [3.63, 3.8) is 0 Å². The van der Waals surface area contributed by atoms with Gasteiger partial charge in [0, 0.05) is 0 Å². The van der Waals surface area contributed by atoms with Crippen LogP contribution in [-0.4, -0.2) is 27.1 Å². The van der Waals surface area contributed by atoms with Crippen molar-refractivity contribution >= 4 is 7.60 Å². The minimum absolute atomic E-state index is 0.0297. The van der Waals surface area contributed by atoms with E-state index in [1.54, 1.807) is 62.8 Å². The van der Waals surface area contributed by atoms with Gasteiger partial charge in [0.1, 0.15) is 29.3 Å². The summed E-state index contributed by atoms with van der Waals surface area (Å²) in [5.41, 5.74) is 0. The Hall–Kier alpha value is -2.68. The molecule has 132 valence electrons. The molecule has 0 atom stereocenters. The molecule has 2 rings (SSSR count). The molecule has 0 saturated heterocycles. The SMILES string of the molecule is COc1ccc(OP(=O)(CNCC#N)Oc2ccc(OC)cc2)cc1. The van der Waals surface area contributed by atoms with E-state index in [1.807, 2.05) is 6.07 Å². The first-order chi connectivity index (χ1) is 12.1. The van der Waals surface area contributed by atoms with Crippen molar-refractivity contribution in [2.75, 3.05) is 27.1 Å². The van der Waals surface area contributed by atoms with Crippen LogP contribution in [0.4, 0.5) is 0 Å². The number of methoxy groups -OCH3 is 2. The van der Waals surface area contributed by atoms with E-state index in [2.05, 4.69) is 5.32 Å². The summed E-state index contributed by atoms with van der Waals surface area (Å²) in [6.45, 7) is 0.0297. The van der Waals surface area contributed by atoms with Gasteiger partial charge < -0.3 is 18.5 Å². The molecule has 0 aliphatic rings. The van der Waals surface area contributed by atoms with Crippen LogP contribution in [0.5, 0.6) is 23.0 Å². The first kappa shape index (κ1) is 18.7. The van der Waals surface area contributed by atoms with Crippen molar-refractivity contribution < 1.29 is 23.1 Å². The van der Waals surface area contributed by atoms with Gasteiger partial charge in [0.25, 0.3) is 0 Å². The van der Waals surface area contributed by atoms with Crippen LogP contribution in [0.25, 0.3) is 0 Å². The lowest BCUT2D eigenvalue weighted by Gasteiger charge is -2.20. The smallest absolute Gasteiger partial charge is 0.444 e. The predicted molar refractivity (Wildman–Crippen MR) is 93.3 cm³/mol. The van der Waals surface area contributed by atoms with Crippen molar-refractivity contribution in [1.82, 2.24) is 5.32 Å². The van der Waals surface area contributed by atoms with E-state index in [4.69, 9.17) is 23.8 Å². The summed E-state index contributed by atoms with van der Waals surface area (Å²) in [4.78, 5) is 0. The molecule has 0 fully saturated rings. The fourth-order valence-corrected chi connectivity index (χ4v) is 3.36. The monoisotopic (exact) mass is 362 g/mol. The van der Waals surface area contributed by atoms with Gasteiger partial charge in [-0.3, -0.25) is 5.32 Å². The summed E-state index contributed by atoms with van der Waals surface area (Å²) in [5, 5.41) is 11.4. The van der Waals surface area contributed by atoms with Gasteiger partial charge in [-0.2, -0.15) is 5.26 Å². The predicted octanol–water partition coefficient (Wildman–Crippen LogP) is 3.43. The highest BCUT2D eigenvalue weighted by atomic mass is 31.2. The van der Waals surface area contributed by atoms with Crippen molar-refractivity contribution in [3.05, 3.63) is 48.5 Å². The zero-order valence-electron chi connectivity index (χ0n) is 14.0. The van der Waals surface area contributed by atoms with Gasteiger partial charge in [-0.05, 0) is 48.5 Å². The Morgan fingerprint density at radius 1 is 0.880 bits per heavy atom. The minimum Gasteiger partial charge on any atom is -0.497 e. The Morgan fingerprint density at radius 3 is 1.64 bits per heavy atom.